The lowest BCUT2D eigenvalue weighted by atomic mass is 10.1. The number of nitrogens with one attached hydrogen (secondary N) is 1. The Labute approximate surface area is 80.9 Å². The summed E-state index contributed by atoms with van der Waals surface area (Å²) in [6.07, 6.45) is 5.63. The number of aryl methyl sites for hydroxylation is 1. The quantitative estimate of drug-likeness (QED) is 0.592. The highest BCUT2D eigenvalue weighted by Crippen LogP contribution is 2.27. The molecule has 3 rings (SSSR count). The molecule has 0 fully saturated rings. The molecule has 3 N–H and O–H groups in total. The monoisotopic (exact) mass is 189 g/mol. The van der Waals surface area contributed by atoms with Crippen LogP contribution in [0.25, 0.3) is 11.0 Å². The van der Waals surface area contributed by atoms with Crippen molar-refractivity contribution in [1.29, 1.82) is 0 Å². The number of rotatable bonds is 0. The standard InChI is InChI=1S/C9H11N5/c10-14-4-6-2-1-3-11-8-7(6)9(14)13-5-12-8/h4-5H,1-3,10H2,(H,11,12,13). The molecule has 0 spiro atoms. The molecule has 0 amide bonds. The van der Waals surface area contributed by atoms with Crippen LogP contribution in [0.4, 0.5) is 5.82 Å². The van der Waals surface area contributed by atoms with E-state index >= 15 is 0 Å². The summed E-state index contributed by atoms with van der Waals surface area (Å²) in [4.78, 5) is 8.39. The number of nitrogens with two attached hydrogens (primary N) is 1. The maximum atomic E-state index is 5.80. The Morgan fingerprint density at radius 1 is 1.43 bits per heavy atom. The van der Waals surface area contributed by atoms with E-state index in [9.17, 15) is 0 Å². The second-order valence-electron chi connectivity index (χ2n) is 3.51. The smallest absolute Gasteiger partial charge is 0.163 e. The van der Waals surface area contributed by atoms with E-state index in [0.717, 1.165) is 36.2 Å². The van der Waals surface area contributed by atoms with Gasteiger partial charge in [0.25, 0.3) is 0 Å². The third-order valence-electron chi connectivity index (χ3n) is 2.60. The highest BCUT2D eigenvalue weighted by atomic mass is 15.3. The molecule has 0 saturated carbocycles. The Balaban J connectivity index is 2.42. The first-order chi connectivity index (χ1) is 6.86. The first-order valence-electron chi connectivity index (χ1n) is 4.70. The molecule has 0 unspecified atom stereocenters. The summed E-state index contributed by atoms with van der Waals surface area (Å²) >= 11 is 0. The van der Waals surface area contributed by atoms with Gasteiger partial charge in [-0.05, 0) is 18.4 Å². The Morgan fingerprint density at radius 3 is 3.29 bits per heavy atom. The molecular weight excluding hydrogens is 178 g/mol. The highest BCUT2D eigenvalue weighted by molar-refractivity contribution is 5.91. The fraction of sp³-hybridized carbons (Fsp3) is 0.333. The Kier molecular flexibility index (Phi) is 1.41. The lowest BCUT2D eigenvalue weighted by Crippen LogP contribution is -2.08. The molecule has 5 heteroatoms. The average molecular weight is 189 g/mol. The minimum Gasteiger partial charge on any atom is -0.369 e. The predicted molar refractivity (Wildman–Crippen MR) is 54.5 cm³/mol. The second-order valence-corrected chi connectivity index (χ2v) is 3.51. The third-order valence-corrected chi connectivity index (χ3v) is 2.60. The minimum absolute atomic E-state index is 0.805. The normalized spacial score (nSPS) is 15.1. The van der Waals surface area contributed by atoms with E-state index in [4.69, 9.17) is 5.84 Å². The van der Waals surface area contributed by atoms with Gasteiger partial charge in [-0.15, -0.1) is 0 Å². The van der Waals surface area contributed by atoms with Crippen LogP contribution in [-0.4, -0.2) is 21.2 Å². The number of nitrogen functional groups attached to an aromatic ring is 1. The molecule has 1 aliphatic rings. The van der Waals surface area contributed by atoms with Crippen LogP contribution in [0.15, 0.2) is 12.5 Å². The van der Waals surface area contributed by atoms with Crippen LogP contribution >= 0.6 is 0 Å². The molecule has 2 aromatic heterocycles. The van der Waals surface area contributed by atoms with Crippen LogP contribution in [0, 0.1) is 0 Å². The number of hydrogen-bond donors (Lipinski definition) is 2. The van der Waals surface area contributed by atoms with Crippen molar-refractivity contribution in [3.63, 3.8) is 0 Å². The molecule has 1 aliphatic heterocycles. The van der Waals surface area contributed by atoms with Gasteiger partial charge in [0.15, 0.2) is 5.65 Å². The highest BCUT2D eigenvalue weighted by Gasteiger charge is 2.15. The van der Waals surface area contributed by atoms with Crippen LogP contribution in [0.3, 0.4) is 0 Å². The number of aromatic nitrogens is 3. The average Bonchev–Trinajstić information content (AvgIpc) is 2.41. The summed E-state index contributed by atoms with van der Waals surface area (Å²) in [6, 6.07) is 0. The number of hydrogen-bond acceptors (Lipinski definition) is 4. The molecule has 14 heavy (non-hydrogen) atoms. The maximum Gasteiger partial charge on any atom is 0.163 e. The van der Waals surface area contributed by atoms with Crippen molar-refractivity contribution in [3.8, 4) is 0 Å². The molecule has 0 aliphatic carbocycles. The summed E-state index contributed by atoms with van der Waals surface area (Å²) in [5.41, 5.74) is 2.04. The van der Waals surface area contributed by atoms with E-state index in [1.54, 1.807) is 11.0 Å². The van der Waals surface area contributed by atoms with Gasteiger partial charge >= 0.3 is 0 Å². The van der Waals surface area contributed by atoms with Gasteiger partial charge in [0, 0.05) is 12.7 Å². The Hall–Kier alpha value is -1.78. The van der Waals surface area contributed by atoms with Crippen LogP contribution < -0.4 is 11.2 Å². The van der Waals surface area contributed by atoms with E-state index in [0.29, 0.717) is 0 Å². The maximum absolute atomic E-state index is 5.80. The summed E-state index contributed by atoms with van der Waals surface area (Å²) in [5, 5.41) is 4.36. The van der Waals surface area contributed by atoms with E-state index < -0.39 is 0 Å². The molecule has 0 bridgehead atoms. The van der Waals surface area contributed by atoms with Crippen molar-refractivity contribution < 1.29 is 0 Å². The van der Waals surface area contributed by atoms with Gasteiger partial charge in [0.2, 0.25) is 0 Å². The molecule has 0 saturated heterocycles. The third kappa shape index (κ3) is 0.891. The van der Waals surface area contributed by atoms with Crippen molar-refractivity contribution in [1.82, 2.24) is 14.6 Å². The van der Waals surface area contributed by atoms with Gasteiger partial charge in [-0.25, -0.2) is 9.97 Å². The largest absolute Gasteiger partial charge is 0.369 e. The van der Waals surface area contributed by atoms with Crippen molar-refractivity contribution in [2.45, 2.75) is 12.8 Å². The molecule has 5 nitrogen and oxygen atoms in total. The van der Waals surface area contributed by atoms with Crippen LogP contribution in [0.5, 0.6) is 0 Å². The molecule has 3 heterocycles. The van der Waals surface area contributed by atoms with E-state index in [2.05, 4.69) is 15.3 Å². The lowest BCUT2D eigenvalue weighted by Gasteiger charge is -2.02. The first kappa shape index (κ1) is 7.61. The Bertz CT molecular complexity index is 487. The molecule has 72 valence electrons. The van der Waals surface area contributed by atoms with E-state index in [1.165, 1.54) is 5.56 Å². The van der Waals surface area contributed by atoms with E-state index in [-0.39, 0.29) is 0 Å². The van der Waals surface area contributed by atoms with Gasteiger partial charge in [-0.1, -0.05) is 0 Å². The van der Waals surface area contributed by atoms with Gasteiger partial charge in [0.05, 0.1) is 5.39 Å². The van der Waals surface area contributed by atoms with E-state index in [1.807, 2.05) is 6.20 Å². The first-order valence-corrected chi connectivity index (χ1v) is 4.70. The van der Waals surface area contributed by atoms with Crippen molar-refractivity contribution >= 4 is 16.9 Å². The number of nitrogens with zero attached hydrogens (tertiary/aromatic N) is 3. The minimum atomic E-state index is 0.805. The summed E-state index contributed by atoms with van der Waals surface area (Å²) in [5.74, 6) is 6.71. The van der Waals surface area contributed by atoms with Crippen LogP contribution in [0.1, 0.15) is 12.0 Å². The lowest BCUT2D eigenvalue weighted by molar-refractivity contribution is 0.867. The molecule has 0 atom stereocenters. The predicted octanol–water partition coefficient (Wildman–Crippen LogP) is 0.503. The number of anilines is 1. The van der Waals surface area contributed by atoms with Crippen molar-refractivity contribution in [2.75, 3.05) is 17.7 Å². The van der Waals surface area contributed by atoms with Crippen molar-refractivity contribution in [3.05, 3.63) is 18.1 Å². The zero-order valence-corrected chi connectivity index (χ0v) is 7.70. The zero-order chi connectivity index (χ0) is 9.54. The van der Waals surface area contributed by atoms with Crippen LogP contribution in [0.2, 0.25) is 0 Å². The SMILES string of the molecule is Nn1cc2c3c(ncnc31)NCCC2. The summed E-state index contributed by atoms with van der Waals surface area (Å²) < 4.78 is 1.57. The molecule has 0 aromatic carbocycles. The Morgan fingerprint density at radius 2 is 2.36 bits per heavy atom. The molecule has 2 aromatic rings. The fourth-order valence-electron chi connectivity index (χ4n) is 1.97. The van der Waals surface area contributed by atoms with Gasteiger partial charge in [-0.2, -0.15) is 0 Å². The second kappa shape index (κ2) is 2.60. The van der Waals surface area contributed by atoms with Crippen molar-refractivity contribution in [2.24, 2.45) is 0 Å². The molecular formula is C9H11N5. The van der Waals surface area contributed by atoms with Gasteiger partial charge in [-0.3, -0.25) is 4.68 Å². The fourth-order valence-corrected chi connectivity index (χ4v) is 1.97. The van der Waals surface area contributed by atoms with Gasteiger partial charge in [0.1, 0.15) is 12.1 Å². The molecule has 0 radical (unpaired) electrons. The topological polar surface area (TPSA) is 68.8 Å². The summed E-state index contributed by atoms with van der Waals surface area (Å²) in [6.45, 7) is 0.964. The summed E-state index contributed by atoms with van der Waals surface area (Å²) in [7, 11) is 0. The zero-order valence-electron chi connectivity index (χ0n) is 7.70. The van der Waals surface area contributed by atoms with Gasteiger partial charge < -0.3 is 11.2 Å². The van der Waals surface area contributed by atoms with Crippen LogP contribution in [-0.2, 0) is 6.42 Å².